The predicted octanol–water partition coefficient (Wildman–Crippen LogP) is 2.29. The first kappa shape index (κ1) is 9.59. The highest BCUT2D eigenvalue weighted by Gasteiger charge is 2.45. The third-order valence-corrected chi connectivity index (χ3v) is 3.48. The number of halogens is 2. The molecule has 1 aromatic rings. The average molecular weight is 220 g/mol. The van der Waals surface area contributed by atoms with Gasteiger partial charge in [0.05, 0.1) is 0 Å². The zero-order chi connectivity index (χ0) is 11.3. The van der Waals surface area contributed by atoms with Crippen molar-refractivity contribution in [3.63, 3.8) is 0 Å². The number of fused-ring (bicyclic) bond motifs is 1. The van der Waals surface area contributed by atoms with Gasteiger partial charge in [-0.3, -0.25) is 0 Å². The van der Waals surface area contributed by atoms with E-state index >= 15 is 0 Å². The largest absolute Gasteiger partial charge is 0.371 e. The minimum atomic E-state index is -0.766. The molecule has 1 heterocycles. The lowest BCUT2D eigenvalue weighted by atomic mass is 10.2. The van der Waals surface area contributed by atoms with Crippen LogP contribution < -0.4 is 4.90 Å². The lowest BCUT2D eigenvalue weighted by molar-refractivity contribution is 0.575. The van der Waals surface area contributed by atoms with Crippen molar-refractivity contribution in [3.8, 4) is 6.07 Å². The smallest absolute Gasteiger partial charge is 0.146 e. The number of hydrogen-bond acceptors (Lipinski definition) is 2. The molecule has 0 unspecified atom stereocenters. The van der Waals surface area contributed by atoms with Crippen LogP contribution in [0.1, 0.15) is 12.0 Å². The lowest BCUT2D eigenvalue weighted by Crippen LogP contribution is -2.22. The van der Waals surface area contributed by atoms with E-state index in [-0.39, 0.29) is 0 Å². The van der Waals surface area contributed by atoms with E-state index in [1.165, 1.54) is 24.6 Å². The van der Waals surface area contributed by atoms with Crippen molar-refractivity contribution >= 4 is 5.69 Å². The average Bonchev–Trinajstić information content (AvgIpc) is 2.85. The molecule has 1 saturated carbocycles. The van der Waals surface area contributed by atoms with Crippen molar-refractivity contribution in [1.29, 1.82) is 5.26 Å². The first-order chi connectivity index (χ1) is 7.69. The van der Waals surface area contributed by atoms with Gasteiger partial charge in [0, 0.05) is 18.8 Å². The third-order valence-electron chi connectivity index (χ3n) is 3.48. The second kappa shape index (κ2) is 3.18. The van der Waals surface area contributed by atoms with Gasteiger partial charge in [-0.2, -0.15) is 5.26 Å². The second-order valence-electron chi connectivity index (χ2n) is 4.56. The molecule has 0 radical (unpaired) electrons. The van der Waals surface area contributed by atoms with Crippen LogP contribution in [0.2, 0.25) is 0 Å². The molecule has 16 heavy (non-hydrogen) atoms. The van der Waals surface area contributed by atoms with E-state index in [2.05, 4.69) is 0 Å². The fourth-order valence-corrected chi connectivity index (χ4v) is 2.46. The van der Waals surface area contributed by atoms with Gasteiger partial charge < -0.3 is 4.90 Å². The van der Waals surface area contributed by atoms with Crippen molar-refractivity contribution in [3.05, 3.63) is 29.3 Å². The Labute approximate surface area is 92.1 Å². The van der Waals surface area contributed by atoms with Crippen molar-refractivity contribution in [2.45, 2.75) is 6.42 Å². The van der Waals surface area contributed by atoms with Crippen LogP contribution in [-0.2, 0) is 0 Å². The summed E-state index contributed by atoms with van der Waals surface area (Å²) in [4.78, 5) is 1.99. The maximum absolute atomic E-state index is 13.4. The van der Waals surface area contributed by atoms with Gasteiger partial charge in [-0.1, -0.05) is 0 Å². The zero-order valence-electron chi connectivity index (χ0n) is 8.58. The minimum absolute atomic E-state index is 0.492. The number of piperidine rings is 1. The molecular formula is C12H10F2N2. The number of anilines is 1. The van der Waals surface area contributed by atoms with E-state index < -0.39 is 17.2 Å². The fraction of sp³-hybridized carbons (Fsp3) is 0.417. The summed E-state index contributed by atoms with van der Waals surface area (Å²) in [5, 5.41) is 8.56. The molecule has 1 aliphatic carbocycles. The van der Waals surface area contributed by atoms with Crippen molar-refractivity contribution in [2.24, 2.45) is 11.8 Å². The summed E-state index contributed by atoms with van der Waals surface area (Å²) < 4.78 is 26.8. The van der Waals surface area contributed by atoms with Crippen molar-refractivity contribution in [2.75, 3.05) is 18.0 Å². The van der Waals surface area contributed by atoms with Crippen LogP contribution in [0, 0.1) is 34.8 Å². The van der Waals surface area contributed by atoms with Gasteiger partial charge in [0.1, 0.15) is 23.3 Å². The van der Waals surface area contributed by atoms with Crippen LogP contribution >= 0.6 is 0 Å². The monoisotopic (exact) mass is 220 g/mol. The second-order valence-corrected chi connectivity index (χ2v) is 4.56. The van der Waals surface area contributed by atoms with E-state index in [9.17, 15) is 8.78 Å². The molecular weight excluding hydrogens is 210 g/mol. The summed E-state index contributed by atoms with van der Waals surface area (Å²) in [5.41, 5.74) is 0.0642. The molecule has 1 saturated heterocycles. The van der Waals surface area contributed by atoms with Gasteiger partial charge in [-0.15, -0.1) is 0 Å². The molecule has 2 nitrogen and oxygen atoms in total. The van der Waals surface area contributed by atoms with Crippen molar-refractivity contribution < 1.29 is 8.78 Å². The van der Waals surface area contributed by atoms with E-state index in [0.29, 0.717) is 17.5 Å². The number of nitriles is 1. The summed E-state index contributed by atoms with van der Waals surface area (Å²) in [6.07, 6.45) is 1.25. The highest BCUT2D eigenvalue weighted by Crippen LogP contribution is 2.46. The Morgan fingerprint density at radius 2 is 1.75 bits per heavy atom. The van der Waals surface area contributed by atoms with Crippen molar-refractivity contribution in [1.82, 2.24) is 0 Å². The van der Waals surface area contributed by atoms with Crippen LogP contribution in [0.3, 0.4) is 0 Å². The molecule has 0 amide bonds. The summed E-state index contributed by atoms with van der Waals surface area (Å²) in [6, 6.07) is 4.04. The molecule has 0 aromatic heterocycles. The fourth-order valence-electron chi connectivity index (χ4n) is 2.46. The van der Waals surface area contributed by atoms with Gasteiger partial charge in [0.25, 0.3) is 0 Å². The normalized spacial score (nSPS) is 26.4. The molecule has 3 rings (SSSR count). The Bertz CT molecular complexity index is 459. The quantitative estimate of drug-likeness (QED) is 0.726. The van der Waals surface area contributed by atoms with E-state index in [1.807, 2.05) is 4.90 Å². The third kappa shape index (κ3) is 1.35. The Hall–Kier alpha value is -1.63. The molecule has 1 aromatic carbocycles. The van der Waals surface area contributed by atoms with Crippen LogP contribution in [0.4, 0.5) is 14.5 Å². The molecule has 0 bridgehead atoms. The summed E-state index contributed by atoms with van der Waals surface area (Å²) >= 11 is 0. The number of benzene rings is 1. The standard InChI is InChI=1S/C12H10F2N2/c13-11-2-9(3-12(14)10(11)4-15)16-5-7-1-8(7)6-16/h2-3,7-8H,1,5-6H2/t7-,8+. The Morgan fingerprint density at radius 3 is 2.25 bits per heavy atom. The number of nitrogens with zero attached hydrogens (tertiary/aromatic N) is 2. The first-order valence-electron chi connectivity index (χ1n) is 5.33. The lowest BCUT2D eigenvalue weighted by Gasteiger charge is -2.20. The molecule has 82 valence electrons. The SMILES string of the molecule is N#Cc1c(F)cc(N2C[C@H]3C[C@H]3C2)cc1F. The minimum Gasteiger partial charge on any atom is -0.371 e. The predicted molar refractivity (Wildman–Crippen MR) is 54.9 cm³/mol. The van der Waals surface area contributed by atoms with E-state index in [1.54, 1.807) is 0 Å². The van der Waals surface area contributed by atoms with Gasteiger partial charge >= 0.3 is 0 Å². The summed E-state index contributed by atoms with van der Waals surface area (Å²) in [7, 11) is 0. The summed E-state index contributed by atoms with van der Waals surface area (Å²) in [5.74, 6) is -0.111. The molecule has 1 aliphatic heterocycles. The maximum Gasteiger partial charge on any atom is 0.146 e. The highest BCUT2D eigenvalue weighted by atomic mass is 19.1. The van der Waals surface area contributed by atoms with Crippen LogP contribution in [0.5, 0.6) is 0 Å². The van der Waals surface area contributed by atoms with Gasteiger partial charge in [-0.25, -0.2) is 8.78 Å². The molecule has 2 atom stereocenters. The Balaban J connectivity index is 1.94. The molecule has 0 spiro atoms. The van der Waals surface area contributed by atoms with Gasteiger partial charge in [-0.05, 0) is 30.4 Å². The van der Waals surface area contributed by atoms with Crippen LogP contribution in [0.15, 0.2) is 12.1 Å². The topological polar surface area (TPSA) is 27.0 Å². The Morgan fingerprint density at radius 1 is 1.19 bits per heavy atom. The van der Waals surface area contributed by atoms with Crippen LogP contribution in [-0.4, -0.2) is 13.1 Å². The molecule has 2 aliphatic rings. The number of hydrogen-bond donors (Lipinski definition) is 0. The Kier molecular flexibility index (Phi) is 1.90. The first-order valence-corrected chi connectivity index (χ1v) is 5.33. The summed E-state index contributed by atoms with van der Waals surface area (Å²) in [6.45, 7) is 1.77. The van der Waals surface area contributed by atoms with Gasteiger partial charge in [0.2, 0.25) is 0 Å². The van der Waals surface area contributed by atoms with Gasteiger partial charge in [0.15, 0.2) is 0 Å². The molecule has 2 fully saturated rings. The zero-order valence-corrected chi connectivity index (χ0v) is 8.58. The van der Waals surface area contributed by atoms with Crippen LogP contribution in [0.25, 0.3) is 0 Å². The highest BCUT2D eigenvalue weighted by molar-refractivity contribution is 5.52. The maximum atomic E-state index is 13.4. The molecule has 4 heteroatoms. The van der Waals surface area contributed by atoms with E-state index in [0.717, 1.165) is 13.1 Å². The number of rotatable bonds is 1. The molecule has 0 N–H and O–H groups in total. The van der Waals surface area contributed by atoms with E-state index in [4.69, 9.17) is 5.26 Å².